The van der Waals surface area contributed by atoms with Crippen LogP contribution in [0.1, 0.15) is 25.7 Å². The third-order valence-electron chi connectivity index (χ3n) is 2.45. The topological polar surface area (TPSA) is 76.7 Å². The minimum atomic E-state index is 0.479. The Morgan fingerprint density at radius 3 is 2.78 bits per heavy atom. The molecule has 0 fully saturated rings. The van der Waals surface area contributed by atoms with Gasteiger partial charge in [0.2, 0.25) is 5.89 Å². The molecule has 2 heterocycles. The van der Waals surface area contributed by atoms with Crippen LogP contribution in [0.4, 0.5) is 0 Å². The molecule has 0 saturated carbocycles. The van der Waals surface area contributed by atoms with Crippen molar-refractivity contribution in [3.8, 4) is 11.5 Å². The summed E-state index contributed by atoms with van der Waals surface area (Å²) in [6.07, 6.45) is 7.73. The summed E-state index contributed by atoms with van der Waals surface area (Å²) in [7, 11) is 0. The molecule has 0 amide bonds. The second-order valence-corrected chi connectivity index (χ2v) is 3.98. The van der Waals surface area contributed by atoms with Gasteiger partial charge in [-0.25, -0.2) is 9.97 Å². The lowest BCUT2D eigenvalue weighted by Crippen LogP contribution is -2.16. The first kappa shape index (κ1) is 12.6. The maximum absolute atomic E-state index is 5.55. The van der Waals surface area contributed by atoms with Gasteiger partial charge in [-0.1, -0.05) is 6.92 Å². The average molecular weight is 247 g/mol. The van der Waals surface area contributed by atoms with Crippen LogP contribution < -0.4 is 5.32 Å². The summed E-state index contributed by atoms with van der Waals surface area (Å²) < 4.78 is 5.55. The Labute approximate surface area is 106 Å². The largest absolute Gasteiger partial charge is 0.421 e. The number of nitrogens with zero attached hydrogens (tertiary/aromatic N) is 4. The Bertz CT molecular complexity index is 457. The van der Waals surface area contributed by atoms with E-state index in [9.17, 15) is 0 Å². The van der Waals surface area contributed by atoms with E-state index in [0.29, 0.717) is 11.8 Å². The molecule has 6 heteroatoms. The van der Waals surface area contributed by atoms with E-state index >= 15 is 0 Å². The van der Waals surface area contributed by atoms with Crippen LogP contribution in [0, 0.1) is 0 Å². The van der Waals surface area contributed by atoms with Gasteiger partial charge in [0.1, 0.15) is 6.33 Å². The summed E-state index contributed by atoms with van der Waals surface area (Å²) in [5.74, 6) is 1.14. The Hall–Kier alpha value is -1.82. The molecule has 0 aromatic carbocycles. The molecule has 0 aliphatic carbocycles. The molecule has 0 bridgehead atoms. The first-order chi connectivity index (χ1) is 8.90. The monoisotopic (exact) mass is 247 g/mol. The molecule has 0 radical (unpaired) electrons. The second-order valence-electron chi connectivity index (χ2n) is 3.98. The Kier molecular flexibility index (Phi) is 4.78. The second kappa shape index (κ2) is 6.80. The van der Waals surface area contributed by atoms with Gasteiger partial charge in [-0.15, -0.1) is 10.2 Å². The third-order valence-corrected chi connectivity index (χ3v) is 2.45. The molecule has 96 valence electrons. The number of aryl methyl sites for hydroxylation is 1. The number of hydrogen-bond acceptors (Lipinski definition) is 6. The summed E-state index contributed by atoms with van der Waals surface area (Å²) >= 11 is 0. The average Bonchev–Trinajstić information content (AvgIpc) is 2.88. The fraction of sp³-hybridized carbons (Fsp3) is 0.500. The number of hydrogen-bond donors (Lipinski definition) is 1. The van der Waals surface area contributed by atoms with Crippen molar-refractivity contribution >= 4 is 0 Å². The first-order valence-electron chi connectivity index (χ1n) is 6.18. The molecule has 18 heavy (non-hydrogen) atoms. The van der Waals surface area contributed by atoms with Crippen molar-refractivity contribution in [2.45, 2.75) is 26.2 Å². The zero-order valence-corrected chi connectivity index (χ0v) is 10.5. The molecular weight excluding hydrogens is 230 g/mol. The summed E-state index contributed by atoms with van der Waals surface area (Å²) in [6, 6.07) is 0. The minimum absolute atomic E-state index is 0.479. The molecule has 6 nitrogen and oxygen atoms in total. The van der Waals surface area contributed by atoms with Gasteiger partial charge in [0, 0.05) is 18.8 Å². The Balaban J connectivity index is 1.83. The summed E-state index contributed by atoms with van der Waals surface area (Å²) in [5, 5.41) is 11.3. The van der Waals surface area contributed by atoms with Crippen LogP contribution in [0.5, 0.6) is 0 Å². The van der Waals surface area contributed by atoms with E-state index in [1.54, 1.807) is 12.4 Å². The molecule has 0 atom stereocenters. The van der Waals surface area contributed by atoms with Crippen LogP contribution in [0.3, 0.4) is 0 Å². The lowest BCUT2D eigenvalue weighted by molar-refractivity contribution is 0.491. The molecule has 0 aliphatic heterocycles. The fourth-order valence-electron chi connectivity index (χ4n) is 1.55. The van der Waals surface area contributed by atoms with Gasteiger partial charge in [0.25, 0.3) is 5.89 Å². The van der Waals surface area contributed by atoms with Crippen LogP contribution in [0.2, 0.25) is 0 Å². The van der Waals surface area contributed by atoms with Crippen LogP contribution >= 0.6 is 0 Å². The fourth-order valence-corrected chi connectivity index (χ4v) is 1.55. The van der Waals surface area contributed by atoms with Crippen molar-refractivity contribution in [2.24, 2.45) is 0 Å². The van der Waals surface area contributed by atoms with Gasteiger partial charge in [0.05, 0.1) is 5.56 Å². The van der Waals surface area contributed by atoms with Gasteiger partial charge in [-0.3, -0.25) is 0 Å². The molecule has 0 unspecified atom stereocenters. The zero-order valence-electron chi connectivity index (χ0n) is 10.5. The van der Waals surface area contributed by atoms with Crippen molar-refractivity contribution in [3.05, 3.63) is 24.6 Å². The van der Waals surface area contributed by atoms with Gasteiger partial charge in [-0.05, 0) is 25.9 Å². The molecule has 2 aromatic rings. The highest BCUT2D eigenvalue weighted by Crippen LogP contribution is 2.15. The Morgan fingerprint density at radius 1 is 1.17 bits per heavy atom. The lowest BCUT2D eigenvalue weighted by Gasteiger charge is -1.99. The minimum Gasteiger partial charge on any atom is -0.421 e. The highest BCUT2D eigenvalue weighted by Gasteiger charge is 2.08. The first-order valence-corrected chi connectivity index (χ1v) is 6.18. The van der Waals surface area contributed by atoms with Crippen molar-refractivity contribution < 1.29 is 4.42 Å². The van der Waals surface area contributed by atoms with Crippen LogP contribution in [-0.4, -0.2) is 33.3 Å². The summed E-state index contributed by atoms with van der Waals surface area (Å²) in [6.45, 7) is 4.18. The standard InChI is InChI=1S/C12H17N5O/c1-2-5-13-6-3-4-11-16-17-12(18-11)10-7-14-9-15-8-10/h7-9,13H,2-6H2,1H3. The van der Waals surface area contributed by atoms with Crippen molar-refractivity contribution in [3.63, 3.8) is 0 Å². The van der Waals surface area contributed by atoms with E-state index in [0.717, 1.165) is 37.9 Å². The van der Waals surface area contributed by atoms with Crippen molar-refractivity contribution in [1.82, 2.24) is 25.5 Å². The predicted molar refractivity (Wildman–Crippen MR) is 66.8 cm³/mol. The highest BCUT2D eigenvalue weighted by atomic mass is 16.4. The van der Waals surface area contributed by atoms with Gasteiger partial charge in [-0.2, -0.15) is 0 Å². The van der Waals surface area contributed by atoms with E-state index in [1.165, 1.54) is 6.33 Å². The lowest BCUT2D eigenvalue weighted by atomic mass is 10.3. The molecule has 2 aromatic heterocycles. The van der Waals surface area contributed by atoms with Crippen molar-refractivity contribution in [2.75, 3.05) is 13.1 Å². The number of rotatable bonds is 7. The summed E-state index contributed by atoms with van der Waals surface area (Å²) in [5.41, 5.74) is 0.750. The number of nitrogens with one attached hydrogen (secondary N) is 1. The predicted octanol–water partition coefficient (Wildman–Crippen LogP) is 1.46. The third kappa shape index (κ3) is 3.59. The SMILES string of the molecule is CCCNCCCc1nnc(-c2cncnc2)o1. The molecule has 0 saturated heterocycles. The van der Waals surface area contributed by atoms with E-state index < -0.39 is 0 Å². The van der Waals surface area contributed by atoms with Crippen LogP contribution in [0.25, 0.3) is 11.5 Å². The van der Waals surface area contributed by atoms with Gasteiger partial charge in [0.15, 0.2) is 0 Å². The van der Waals surface area contributed by atoms with E-state index in [2.05, 4.69) is 32.4 Å². The van der Waals surface area contributed by atoms with Crippen LogP contribution in [0.15, 0.2) is 23.1 Å². The molecule has 0 spiro atoms. The Morgan fingerprint density at radius 2 is 2.00 bits per heavy atom. The van der Waals surface area contributed by atoms with E-state index in [-0.39, 0.29) is 0 Å². The maximum Gasteiger partial charge on any atom is 0.250 e. The number of aromatic nitrogens is 4. The quantitative estimate of drug-likeness (QED) is 0.746. The normalized spacial score (nSPS) is 10.7. The van der Waals surface area contributed by atoms with Gasteiger partial charge < -0.3 is 9.73 Å². The molecular formula is C12H17N5O. The summed E-state index contributed by atoms with van der Waals surface area (Å²) in [4.78, 5) is 7.83. The molecule has 0 aliphatic rings. The van der Waals surface area contributed by atoms with Crippen LogP contribution in [-0.2, 0) is 6.42 Å². The molecule has 1 N–H and O–H groups in total. The highest BCUT2D eigenvalue weighted by molar-refractivity contribution is 5.48. The smallest absolute Gasteiger partial charge is 0.250 e. The zero-order chi connectivity index (χ0) is 12.6. The van der Waals surface area contributed by atoms with E-state index in [4.69, 9.17) is 4.42 Å². The maximum atomic E-state index is 5.55. The van der Waals surface area contributed by atoms with Crippen molar-refractivity contribution in [1.29, 1.82) is 0 Å². The van der Waals surface area contributed by atoms with Gasteiger partial charge >= 0.3 is 0 Å². The molecule has 2 rings (SSSR count). The van der Waals surface area contributed by atoms with E-state index in [1.807, 2.05) is 0 Å².